The number of aromatic nitrogens is 6. The number of tetrazole rings is 1. The highest BCUT2D eigenvalue weighted by Gasteiger charge is 2.31. The number of H-pyrrole nitrogens is 1. The van der Waals surface area contributed by atoms with Crippen LogP contribution in [0.25, 0.3) is 5.69 Å². The number of rotatable bonds is 7. The predicted molar refractivity (Wildman–Crippen MR) is 147 cm³/mol. The molecule has 0 amide bonds. The molecule has 37 heavy (non-hydrogen) atoms. The van der Waals surface area contributed by atoms with Gasteiger partial charge in [0.05, 0.1) is 27.0 Å². The number of anilines is 1. The van der Waals surface area contributed by atoms with Crippen molar-refractivity contribution in [2.75, 3.05) is 23.7 Å². The molecule has 2 aromatic carbocycles. The molecule has 1 aliphatic rings. The first-order valence-corrected chi connectivity index (χ1v) is 14.0. The number of aromatic amines is 1. The lowest BCUT2D eigenvalue weighted by atomic mass is 9.81. The highest BCUT2D eigenvalue weighted by atomic mass is 35.5. The smallest absolute Gasteiger partial charge is 0.242 e. The molecule has 1 saturated heterocycles. The first-order valence-electron chi connectivity index (χ1n) is 11.8. The summed E-state index contributed by atoms with van der Waals surface area (Å²) in [5.41, 5.74) is 2.20. The Labute approximate surface area is 233 Å². The highest BCUT2D eigenvalue weighted by molar-refractivity contribution is 7.99. The molecule has 0 saturated carbocycles. The monoisotopic (exact) mass is 579 g/mol. The molecule has 2 aromatic heterocycles. The molecular weight excluding hydrogens is 556 g/mol. The predicted octanol–water partition coefficient (Wildman–Crippen LogP) is 6.82. The van der Waals surface area contributed by atoms with Gasteiger partial charge in [0, 0.05) is 29.9 Å². The third-order valence-electron chi connectivity index (χ3n) is 6.87. The van der Waals surface area contributed by atoms with Crippen LogP contribution in [0.5, 0.6) is 0 Å². The van der Waals surface area contributed by atoms with E-state index in [0.29, 0.717) is 21.9 Å². The average molecular weight is 581 g/mol. The van der Waals surface area contributed by atoms with Crippen molar-refractivity contribution in [1.29, 1.82) is 0 Å². The van der Waals surface area contributed by atoms with E-state index in [1.54, 1.807) is 30.0 Å². The van der Waals surface area contributed by atoms with Crippen molar-refractivity contribution in [1.82, 2.24) is 30.2 Å². The second-order valence-corrected chi connectivity index (χ2v) is 11.8. The molecule has 0 unspecified atom stereocenters. The molecule has 1 aliphatic heterocycles. The maximum absolute atomic E-state index is 14.0. The Morgan fingerprint density at radius 3 is 2.51 bits per heavy atom. The summed E-state index contributed by atoms with van der Waals surface area (Å²) in [6.45, 7) is 5.99. The molecule has 0 spiro atoms. The van der Waals surface area contributed by atoms with Gasteiger partial charge in [-0.05, 0) is 65.1 Å². The molecule has 12 heteroatoms. The molecular formula is C25H25Cl3FN7S. The zero-order valence-electron chi connectivity index (χ0n) is 20.3. The van der Waals surface area contributed by atoms with Crippen LogP contribution < -0.4 is 4.90 Å². The summed E-state index contributed by atoms with van der Waals surface area (Å²) in [7, 11) is 0. The van der Waals surface area contributed by atoms with E-state index in [9.17, 15) is 4.39 Å². The average Bonchev–Trinajstić information content (AvgIpc) is 3.57. The second kappa shape index (κ2) is 10.8. The normalized spacial score (nSPS) is 14.9. The van der Waals surface area contributed by atoms with Gasteiger partial charge in [-0.1, -0.05) is 71.6 Å². The largest absolute Gasteiger partial charge is 0.340 e. The van der Waals surface area contributed by atoms with Crippen molar-refractivity contribution in [2.24, 2.45) is 5.92 Å². The van der Waals surface area contributed by atoms with Crippen molar-refractivity contribution in [3.8, 4) is 5.69 Å². The molecule has 194 valence electrons. The first kappa shape index (κ1) is 26.3. The van der Waals surface area contributed by atoms with Gasteiger partial charge in [-0.25, -0.2) is 14.5 Å². The summed E-state index contributed by atoms with van der Waals surface area (Å²) < 4.78 is 16.1. The molecule has 1 N–H and O–H groups in total. The third kappa shape index (κ3) is 5.46. The molecule has 5 rings (SSSR count). The van der Waals surface area contributed by atoms with Gasteiger partial charge in [-0.15, -0.1) is 0 Å². The fourth-order valence-corrected chi connectivity index (χ4v) is 6.23. The van der Waals surface area contributed by atoms with Gasteiger partial charge >= 0.3 is 0 Å². The maximum atomic E-state index is 14.0. The Balaban J connectivity index is 1.42. The van der Waals surface area contributed by atoms with E-state index in [2.05, 4.69) is 43.9 Å². The lowest BCUT2D eigenvalue weighted by Crippen LogP contribution is -2.35. The number of halogens is 4. The maximum Gasteiger partial charge on any atom is 0.242 e. The zero-order valence-corrected chi connectivity index (χ0v) is 23.3. The molecule has 0 aliphatic carbocycles. The van der Waals surface area contributed by atoms with Crippen LogP contribution in [0.3, 0.4) is 0 Å². The summed E-state index contributed by atoms with van der Waals surface area (Å²) in [6.07, 6.45) is 3.93. The van der Waals surface area contributed by atoms with Gasteiger partial charge in [-0.3, -0.25) is 4.57 Å². The van der Waals surface area contributed by atoms with Crippen molar-refractivity contribution < 1.29 is 4.39 Å². The van der Waals surface area contributed by atoms with Crippen molar-refractivity contribution in [3.63, 3.8) is 0 Å². The lowest BCUT2D eigenvalue weighted by Gasteiger charge is -2.31. The summed E-state index contributed by atoms with van der Waals surface area (Å²) in [4.78, 5) is 6.97. The number of nitrogens with one attached hydrogen (secondary N) is 1. The van der Waals surface area contributed by atoms with Crippen LogP contribution in [0.15, 0.2) is 47.8 Å². The Bertz CT molecular complexity index is 1390. The molecule has 0 atom stereocenters. The number of piperidine rings is 1. The summed E-state index contributed by atoms with van der Waals surface area (Å²) in [6, 6.07) is 10.4. The van der Waals surface area contributed by atoms with Gasteiger partial charge in [-0.2, -0.15) is 0 Å². The zero-order chi connectivity index (χ0) is 26.2. The van der Waals surface area contributed by atoms with Gasteiger partial charge in [0.15, 0.2) is 5.16 Å². The van der Waals surface area contributed by atoms with E-state index >= 15 is 0 Å². The molecule has 0 bridgehead atoms. The summed E-state index contributed by atoms with van der Waals surface area (Å²) in [5.74, 6) is 1.68. The number of hydrogen-bond acceptors (Lipinski definition) is 6. The van der Waals surface area contributed by atoms with Crippen LogP contribution in [0.1, 0.15) is 37.9 Å². The molecule has 0 radical (unpaired) electrons. The quantitative estimate of drug-likeness (QED) is 0.242. The Morgan fingerprint density at radius 1 is 1.05 bits per heavy atom. The van der Waals surface area contributed by atoms with Gasteiger partial charge < -0.3 is 4.90 Å². The van der Waals surface area contributed by atoms with Crippen LogP contribution in [-0.2, 0) is 5.41 Å². The fourth-order valence-electron chi connectivity index (χ4n) is 4.58. The second-order valence-electron chi connectivity index (χ2n) is 9.58. The topological polar surface area (TPSA) is 75.5 Å². The Hall–Kier alpha value is -2.33. The van der Waals surface area contributed by atoms with Gasteiger partial charge in [0.1, 0.15) is 5.82 Å². The van der Waals surface area contributed by atoms with E-state index in [1.165, 1.54) is 6.07 Å². The van der Waals surface area contributed by atoms with Crippen molar-refractivity contribution in [3.05, 3.63) is 74.7 Å². The van der Waals surface area contributed by atoms with Crippen LogP contribution in [-0.4, -0.2) is 49.0 Å². The fraction of sp³-hybridized carbons (Fsp3) is 0.360. The van der Waals surface area contributed by atoms with E-state index in [4.69, 9.17) is 39.8 Å². The Kier molecular flexibility index (Phi) is 7.68. The van der Waals surface area contributed by atoms with Gasteiger partial charge in [0.2, 0.25) is 5.95 Å². The van der Waals surface area contributed by atoms with E-state index < -0.39 is 11.2 Å². The van der Waals surface area contributed by atoms with E-state index in [-0.39, 0.29) is 5.02 Å². The van der Waals surface area contributed by atoms with Crippen LogP contribution in [0.2, 0.25) is 15.1 Å². The first-order chi connectivity index (χ1) is 17.7. The third-order valence-corrected chi connectivity index (χ3v) is 9.08. The minimum atomic E-state index is -0.475. The number of thioether (sulfide) groups is 1. The number of hydrogen-bond donors (Lipinski definition) is 1. The van der Waals surface area contributed by atoms with E-state index in [1.807, 2.05) is 18.3 Å². The molecule has 7 nitrogen and oxygen atoms in total. The Morgan fingerprint density at radius 2 is 1.84 bits per heavy atom. The SMILES string of the molecule is CC(C)(c1ccc(Cl)c(Cl)c1)c1cnc(SCC2CCN(c3nnn[nH]3)CC2)n1-c1ccc(F)c(Cl)c1. The van der Waals surface area contributed by atoms with Crippen LogP contribution in [0, 0.1) is 11.7 Å². The van der Waals surface area contributed by atoms with Crippen LogP contribution in [0.4, 0.5) is 10.3 Å². The molecule has 3 heterocycles. The summed E-state index contributed by atoms with van der Waals surface area (Å²) >= 11 is 20.4. The number of nitrogens with zero attached hydrogens (tertiary/aromatic N) is 6. The highest BCUT2D eigenvalue weighted by Crippen LogP contribution is 2.39. The van der Waals surface area contributed by atoms with Gasteiger partial charge in [0.25, 0.3) is 0 Å². The molecule has 1 fully saturated rings. The lowest BCUT2D eigenvalue weighted by molar-refractivity contribution is 0.440. The molecule has 4 aromatic rings. The number of benzene rings is 2. The van der Waals surface area contributed by atoms with Crippen LogP contribution >= 0.6 is 46.6 Å². The standard InChI is InChI=1S/C25H25Cl3FN7S/c1-25(2,16-3-5-18(26)19(27)11-16)22-13-30-24(36(22)17-4-6-21(29)20(28)12-17)37-14-15-7-9-35(10-8-15)23-31-33-34-32-23/h3-6,11-13,15H,7-10,14H2,1-2H3,(H,31,32,33,34). The van der Waals surface area contributed by atoms with Crippen molar-refractivity contribution in [2.45, 2.75) is 37.3 Å². The summed E-state index contributed by atoms with van der Waals surface area (Å²) in [5, 5.41) is 16.1. The van der Waals surface area contributed by atoms with Crippen molar-refractivity contribution >= 4 is 52.5 Å². The minimum Gasteiger partial charge on any atom is -0.340 e. The minimum absolute atomic E-state index is 0.0646. The number of imidazole rings is 1. The van der Waals surface area contributed by atoms with E-state index in [0.717, 1.165) is 53.8 Å².